The van der Waals surface area contributed by atoms with Gasteiger partial charge in [-0.1, -0.05) is 19.8 Å². The number of hydrogen-bond donors (Lipinski definition) is 0. The number of rotatable bonds is 6. The minimum absolute atomic E-state index is 0.234. The molecule has 1 saturated heterocycles. The summed E-state index contributed by atoms with van der Waals surface area (Å²) in [5, 5.41) is 0. The number of unbranched alkanes of at least 4 members (excludes halogenated alkanes) is 2. The van der Waals surface area contributed by atoms with Gasteiger partial charge in [0, 0.05) is 19.4 Å². The fourth-order valence-corrected chi connectivity index (χ4v) is 1.90. The second-order valence-electron chi connectivity index (χ2n) is 4.19. The molecule has 2 nitrogen and oxygen atoms in total. The lowest BCUT2D eigenvalue weighted by atomic mass is 10.0. The van der Waals surface area contributed by atoms with Gasteiger partial charge in [0.2, 0.25) is 0 Å². The predicted octanol–water partition coefficient (Wildman–Crippen LogP) is 3.10. The van der Waals surface area contributed by atoms with Crippen molar-refractivity contribution in [2.45, 2.75) is 64.4 Å². The maximum atomic E-state index is 11.5. The summed E-state index contributed by atoms with van der Waals surface area (Å²) in [5.74, 6) is 0.394. The first-order chi connectivity index (χ1) is 6.83. The lowest BCUT2D eigenvalue weighted by molar-refractivity contribution is -0.122. The predicted molar refractivity (Wildman–Crippen MR) is 57.4 cm³/mol. The molecule has 1 rings (SSSR count). The molecule has 1 fully saturated rings. The molecule has 0 spiro atoms. The molecule has 82 valence electrons. The molecule has 2 heteroatoms. The smallest absolute Gasteiger partial charge is 0.135 e. The highest BCUT2D eigenvalue weighted by molar-refractivity contribution is 5.78. The number of carbonyl (C=O) groups is 1. The molecule has 0 aromatic rings. The zero-order chi connectivity index (χ0) is 10.2. The van der Waals surface area contributed by atoms with E-state index in [1.807, 2.05) is 0 Å². The van der Waals surface area contributed by atoms with Crippen LogP contribution >= 0.6 is 0 Å². The van der Waals surface area contributed by atoms with Crippen LogP contribution in [0.25, 0.3) is 0 Å². The zero-order valence-electron chi connectivity index (χ0n) is 9.26. The van der Waals surface area contributed by atoms with Crippen LogP contribution < -0.4 is 0 Å². The van der Waals surface area contributed by atoms with Crippen molar-refractivity contribution in [3.63, 3.8) is 0 Å². The summed E-state index contributed by atoms with van der Waals surface area (Å²) >= 11 is 0. The van der Waals surface area contributed by atoms with Crippen LogP contribution in [-0.4, -0.2) is 18.5 Å². The summed E-state index contributed by atoms with van der Waals surface area (Å²) in [7, 11) is 0. The highest BCUT2D eigenvalue weighted by Crippen LogP contribution is 2.17. The van der Waals surface area contributed by atoms with Crippen molar-refractivity contribution in [3.05, 3.63) is 0 Å². The second-order valence-corrected chi connectivity index (χ2v) is 4.19. The van der Waals surface area contributed by atoms with Crippen LogP contribution in [0.4, 0.5) is 0 Å². The van der Waals surface area contributed by atoms with Crippen molar-refractivity contribution in [2.24, 2.45) is 0 Å². The third kappa shape index (κ3) is 4.75. The van der Waals surface area contributed by atoms with Gasteiger partial charge < -0.3 is 4.74 Å². The summed E-state index contributed by atoms with van der Waals surface area (Å²) in [6, 6.07) is 0. The molecule has 0 aromatic heterocycles. The van der Waals surface area contributed by atoms with E-state index in [-0.39, 0.29) is 6.10 Å². The van der Waals surface area contributed by atoms with Crippen LogP contribution in [0.1, 0.15) is 58.3 Å². The van der Waals surface area contributed by atoms with Crippen LogP contribution in [-0.2, 0) is 9.53 Å². The van der Waals surface area contributed by atoms with E-state index in [9.17, 15) is 4.79 Å². The minimum Gasteiger partial charge on any atom is -0.378 e. The van der Waals surface area contributed by atoms with Crippen LogP contribution in [0, 0.1) is 0 Å². The normalized spacial score (nSPS) is 22.2. The fourth-order valence-electron chi connectivity index (χ4n) is 1.90. The Morgan fingerprint density at radius 3 is 2.86 bits per heavy atom. The molecule has 0 aliphatic carbocycles. The number of carbonyl (C=O) groups excluding carboxylic acids is 1. The summed E-state index contributed by atoms with van der Waals surface area (Å²) < 4.78 is 5.53. The molecule has 0 aromatic carbocycles. The average Bonchev–Trinajstić information content (AvgIpc) is 2.20. The molecule has 1 unspecified atom stereocenters. The van der Waals surface area contributed by atoms with Gasteiger partial charge in [-0.15, -0.1) is 0 Å². The summed E-state index contributed by atoms with van der Waals surface area (Å²) in [5.41, 5.74) is 0. The van der Waals surface area contributed by atoms with E-state index in [0.29, 0.717) is 12.2 Å². The topological polar surface area (TPSA) is 26.3 Å². The Labute approximate surface area is 87.0 Å². The van der Waals surface area contributed by atoms with Gasteiger partial charge in [-0.2, -0.15) is 0 Å². The third-order valence-electron chi connectivity index (χ3n) is 2.79. The molecular weight excluding hydrogens is 176 g/mol. The SMILES string of the molecule is CCCCCC(=O)CC1CCCCO1. The third-order valence-corrected chi connectivity index (χ3v) is 2.79. The molecule has 0 N–H and O–H groups in total. The average molecular weight is 198 g/mol. The van der Waals surface area contributed by atoms with E-state index < -0.39 is 0 Å². The number of hydrogen-bond acceptors (Lipinski definition) is 2. The Bertz CT molecular complexity index is 160. The van der Waals surface area contributed by atoms with Crippen LogP contribution in [0.5, 0.6) is 0 Å². The molecule has 1 aliphatic heterocycles. The minimum atomic E-state index is 0.234. The molecule has 14 heavy (non-hydrogen) atoms. The van der Waals surface area contributed by atoms with E-state index in [0.717, 1.165) is 25.9 Å². The van der Waals surface area contributed by atoms with Gasteiger partial charge in [0.05, 0.1) is 6.10 Å². The lowest BCUT2D eigenvalue weighted by Crippen LogP contribution is -2.22. The van der Waals surface area contributed by atoms with Crippen molar-refractivity contribution in [3.8, 4) is 0 Å². The van der Waals surface area contributed by atoms with Gasteiger partial charge in [0.15, 0.2) is 0 Å². The zero-order valence-corrected chi connectivity index (χ0v) is 9.26. The second kappa shape index (κ2) is 6.99. The largest absolute Gasteiger partial charge is 0.378 e. The van der Waals surface area contributed by atoms with Gasteiger partial charge in [-0.25, -0.2) is 0 Å². The van der Waals surface area contributed by atoms with E-state index in [1.165, 1.54) is 25.7 Å². The Morgan fingerprint density at radius 2 is 2.21 bits per heavy atom. The highest BCUT2D eigenvalue weighted by Gasteiger charge is 2.16. The Morgan fingerprint density at radius 1 is 1.36 bits per heavy atom. The first kappa shape index (κ1) is 11.7. The Balaban J connectivity index is 2.06. The quantitative estimate of drug-likeness (QED) is 0.613. The lowest BCUT2D eigenvalue weighted by Gasteiger charge is -2.21. The van der Waals surface area contributed by atoms with Gasteiger partial charge in [-0.05, 0) is 25.7 Å². The highest BCUT2D eigenvalue weighted by atomic mass is 16.5. The van der Waals surface area contributed by atoms with Crippen LogP contribution in [0.3, 0.4) is 0 Å². The molecule has 0 bridgehead atoms. The summed E-state index contributed by atoms with van der Waals surface area (Å²) in [6.07, 6.45) is 8.55. The standard InChI is InChI=1S/C12H22O2/c1-2-3-4-7-11(13)10-12-8-5-6-9-14-12/h12H,2-10H2,1H3. The van der Waals surface area contributed by atoms with Gasteiger partial charge in [0.1, 0.15) is 5.78 Å². The first-order valence-electron chi connectivity index (χ1n) is 5.96. The number of Topliss-reactive ketones (excluding diaryl/α,β-unsaturated/α-hetero) is 1. The molecular formula is C12H22O2. The fraction of sp³-hybridized carbons (Fsp3) is 0.917. The molecule has 1 aliphatic rings. The van der Waals surface area contributed by atoms with E-state index in [2.05, 4.69) is 6.92 Å². The number of ketones is 1. The maximum Gasteiger partial charge on any atom is 0.135 e. The van der Waals surface area contributed by atoms with E-state index in [4.69, 9.17) is 4.74 Å². The van der Waals surface area contributed by atoms with E-state index in [1.54, 1.807) is 0 Å². The van der Waals surface area contributed by atoms with Gasteiger partial charge in [0.25, 0.3) is 0 Å². The monoisotopic (exact) mass is 198 g/mol. The van der Waals surface area contributed by atoms with Crippen molar-refractivity contribution < 1.29 is 9.53 Å². The van der Waals surface area contributed by atoms with Crippen molar-refractivity contribution >= 4 is 5.78 Å². The van der Waals surface area contributed by atoms with Crippen molar-refractivity contribution in [2.75, 3.05) is 6.61 Å². The summed E-state index contributed by atoms with van der Waals surface area (Å²) in [6.45, 7) is 3.02. The Hall–Kier alpha value is -0.370. The van der Waals surface area contributed by atoms with E-state index >= 15 is 0 Å². The first-order valence-corrected chi connectivity index (χ1v) is 5.96. The molecule has 0 radical (unpaired) electrons. The molecule has 1 heterocycles. The maximum absolute atomic E-state index is 11.5. The molecule has 0 saturated carbocycles. The van der Waals surface area contributed by atoms with Crippen molar-refractivity contribution in [1.82, 2.24) is 0 Å². The van der Waals surface area contributed by atoms with Crippen LogP contribution in [0.15, 0.2) is 0 Å². The van der Waals surface area contributed by atoms with Crippen LogP contribution in [0.2, 0.25) is 0 Å². The summed E-state index contributed by atoms with van der Waals surface area (Å²) in [4.78, 5) is 11.5. The molecule has 0 amide bonds. The Kier molecular flexibility index (Phi) is 5.85. The van der Waals surface area contributed by atoms with Crippen molar-refractivity contribution in [1.29, 1.82) is 0 Å². The van der Waals surface area contributed by atoms with Gasteiger partial charge in [-0.3, -0.25) is 4.79 Å². The van der Waals surface area contributed by atoms with Gasteiger partial charge >= 0.3 is 0 Å². The molecule has 1 atom stereocenters. The number of ether oxygens (including phenoxy) is 1.